The molecule has 1 aromatic carbocycles. The van der Waals surface area contributed by atoms with Crippen LogP contribution in [-0.2, 0) is 0 Å². The van der Waals surface area contributed by atoms with Gasteiger partial charge in [-0.05, 0) is 40.5 Å². The maximum absolute atomic E-state index is 13.4. The number of benzene rings is 1. The highest BCUT2D eigenvalue weighted by molar-refractivity contribution is 7.99. The third kappa shape index (κ3) is 2.34. The normalized spacial score (nSPS) is 17.6. The molecule has 1 aliphatic rings. The summed E-state index contributed by atoms with van der Waals surface area (Å²) in [6, 6.07) is 4.30. The number of hydrogen-bond donors (Lipinski definition) is 2. The number of nitrogen functional groups attached to an aromatic ring is 1. The van der Waals surface area contributed by atoms with Crippen LogP contribution < -0.4 is 11.1 Å². The lowest BCUT2D eigenvalue weighted by Gasteiger charge is -2.25. The Morgan fingerprint density at radius 1 is 1.50 bits per heavy atom. The zero-order valence-corrected chi connectivity index (χ0v) is 11.1. The van der Waals surface area contributed by atoms with E-state index in [-0.39, 0.29) is 23.4 Å². The third-order valence-corrected chi connectivity index (χ3v) is 4.17. The lowest BCUT2D eigenvalue weighted by atomic mass is 10.0. The molecule has 1 unspecified atom stereocenters. The van der Waals surface area contributed by atoms with E-state index in [1.54, 1.807) is 17.8 Å². The summed E-state index contributed by atoms with van der Waals surface area (Å²) in [7, 11) is 0. The van der Waals surface area contributed by atoms with Gasteiger partial charge in [0.05, 0.1) is 6.04 Å². The van der Waals surface area contributed by atoms with Crippen LogP contribution in [0.3, 0.4) is 0 Å². The highest BCUT2D eigenvalue weighted by Gasteiger charge is 2.25. The summed E-state index contributed by atoms with van der Waals surface area (Å²) in [4.78, 5) is 13.0. The van der Waals surface area contributed by atoms with Crippen molar-refractivity contribution in [1.82, 2.24) is 15.6 Å². The predicted octanol–water partition coefficient (Wildman–Crippen LogP) is 1.76. The fourth-order valence-corrected chi connectivity index (χ4v) is 3.20. The summed E-state index contributed by atoms with van der Waals surface area (Å²) >= 11 is 1.64. The van der Waals surface area contributed by atoms with Crippen LogP contribution in [0.4, 0.5) is 10.2 Å². The molecule has 0 bridgehead atoms. The first-order valence-corrected chi connectivity index (χ1v) is 6.95. The van der Waals surface area contributed by atoms with Crippen molar-refractivity contribution in [3.05, 3.63) is 35.3 Å². The van der Waals surface area contributed by atoms with E-state index in [1.807, 2.05) is 0 Å². The van der Waals surface area contributed by atoms with Crippen LogP contribution >= 0.6 is 11.8 Å². The molecule has 1 atom stereocenters. The topological polar surface area (TPSA) is 94.0 Å². The molecule has 3 rings (SSSR count). The third-order valence-electron chi connectivity index (χ3n) is 3.05. The number of amides is 1. The summed E-state index contributed by atoms with van der Waals surface area (Å²) in [5, 5.41) is 9.59. The Hall–Kier alpha value is -2.09. The van der Waals surface area contributed by atoms with E-state index in [2.05, 4.69) is 20.3 Å². The molecule has 2 heterocycles. The second kappa shape index (κ2) is 5.12. The monoisotopic (exact) mass is 294 g/mol. The van der Waals surface area contributed by atoms with Gasteiger partial charge >= 0.3 is 0 Å². The second-order valence-electron chi connectivity index (χ2n) is 4.34. The van der Waals surface area contributed by atoms with Crippen LogP contribution in [0.15, 0.2) is 27.7 Å². The fourth-order valence-electron chi connectivity index (χ4n) is 2.09. The van der Waals surface area contributed by atoms with Crippen LogP contribution in [-0.4, -0.2) is 22.0 Å². The molecule has 1 amide bonds. The molecular weight excluding hydrogens is 283 g/mol. The van der Waals surface area contributed by atoms with Gasteiger partial charge < -0.3 is 11.1 Å². The molecule has 20 heavy (non-hydrogen) atoms. The van der Waals surface area contributed by atoms with Gasteiger partial charge in [0, 0.05) is 10.6 Å². The standard InChI is InChI=1S/C12H11FN4O2S/c13-6-1-2-9-7(5-6)8(3-4-20-9)15-12(18)10-11(14)17-19-16-10/h1-2,5,8H,3-4H2,(H2,14,17)(H,15,18). The van der Waals surface area contributed by atoms with Crippen molar-refractivity contribution in [3.63, 3.8) is 0 Å². The Bertz CT molecular complexity index is 661. The van der Waals surface area contributed by atoms with Crippen LogP contribution in [0.25, 0.3) is 0 Å². The van der Waals surface area contributed by atoms with Crippen LogP contribution in [0.5, 0.6) is 0 Å². The first-order valence-electron chi connectivity index (χ1n) is 5.96. The largest absolute Gasteiger partial charge is 0.379 e. The van der Waals surface area contributed by atoms with E-state index in [0.717, 1.165) is 16.2 Å². The van der Waals surface area contributed by atoms with E-state index in [0.29, 0.717) is 6.42 Å². The van der Waals surface area contributed by atoms with Gasteiger partial charge in [-0.2, -0.15) is 0 Å². The van der Waals surface area contributed by atoms with Crippen LogP contribution in [0, 0.1) is 5.82 Å². The predicted molar refractivity (Wildman–Crippen MR) is 70.7 cm³/mol. The van der Waals surface area contributed by atoms with E-state index in [9.17, 15) is 9.18 Å². The number of nitrogens with two attached hydrogens (primary N) is 1. The number of rotatable bonds is 2. The highest BCUT2D eigenvalue weighted by Crippen LogP contribution is 2.36. The average molecular weight is 294 g/mol. The van der Waals surface area contributed by atoms with Crippen LogP contribution in [0.2, 0.25) is 0 Å². The van der Waals surface area contributed by atoms with E-state index >= 15 is 0 Å². The smallest absolute Gasteiger partial charge is 0.277 e. The van der Waals surface area contributed by atoms with Gasteiger partial charge in [-0.1, -0.05) is 0 Å². The molecule has 3 N–H and O–H groups in total. The number of halogens is 1. The highest BCUT2D eigenvalue weighted by atomic mass is 32.2. The van der Waals surface area contributed by atoms with Gasteiger partial charge in [0.2, 0.25) is 11.5 Å². The number of hydrogen-bond acceptors (Lipinski definition) is 6. The molecule has 0 saturated carbocycles. The first-order chi connectivity index (χ1) is 9.65. The number of aromatic nitrogens is 2. The van der Waals surface area contributed by atoms with Crippen molar-refractivity contribution < 1.29 is 13.8 Å². The second-order valence-corrected chi connectivity index (χ2v) is 5.48. The summed E-state index contributed by atoms with van der Waals surface area (Å²) < 4.78 is 17.8. The molecular formula is C12H11FN4O2S. The van der Waals surface area contributed by atoms with Gasteiger partial charge in [-0.25, -0.2) is 9.02 Å². The Labute approximate surface area is 117 Å². The molecule has 6 nitrogen and oxygen atoms in total. The van der Waals surface area contributed by atoms with Gasteiger partial charge in [0.25, 0.3) is 5.91 Å². The van der Waals surface area contributed by atoms with Crippen molar-refractivity contribution >= 4 is 23.5 Å². The number of carbonyl (C=O) groups is 1. The Kier molecular flexibility index (Phi) is 3.31. The lowest BCUT2D eigenvalue weighted by molar-refractivity contribution is 0.0925. The minimum atomic E-state index is -0.476. The molecule has 8 heteroatoms. The van der Waals surface area contributed by atoms with Gasteiger partial charge in [0.1, 0.15) is 5.82 Å². The number of fused-ring (bicyclic) bond motifs is 1. The lowest BCUT2D eigenvalue weighted by Crippen LogP contribution is -2.31. The summed E-state index contributed by atoms with van der Waals surface area (Å²) in [6.07, 6.45) is 0.706. The van der Waals surface area contributed by atoms with Crippen molar-refractivity contribution in [2.75, 3.05) is 11.5 Å². The molecule has 1 aromatic heterocycles. The van der Waals surface area contributed by atoms with Gasteiger partial charge in [0.15, 0.2) is 0 Å². The van der Waals surface area contributed by atoms with Crippen molar-refractivity contribution in [2.24, 2.45) is 0 Å². The fraction of sp³-hybridized carbons (Fsp3) is 0.250. The maximum atomic E-state index is 13.4. The van der Waals surface area contributed by atoms with E-state index < -0.39 is 5.91 Å². The van der Waals surface area contributed by atoms with Gasteiger partial charge in [-0.3, -0.25) is 4.79 Å². The molecule has 0 spiro atoms. The molecule has 0 radical (unpaired) electrons. The quantitative estimate of drug-likeness (QED) is 0.876. The Balaban J connectivity index is 1.85. The zero-order valence-electron chi connectivity index (χ0n) is 10.3. The molecule has 2 aromatic rings. The Morgan fingerprint density at radius 2 is 2.35 bits per heavy atom. The molecule has 104 valence electrons. The van der Waals surface area contributed by atoms with Crippen LogP contribution in [0.1, 0.15) is 28.5 Å². The van der Waals surface area contributed by atoms with Crippen molar-refractivity contribution in [3.8, 4) is 0 Å². The summed E-state index contributed by atoms with van der Waals surface area (Å²) in [5.74, 6) is -0.0213. The molecule has 1 aliphatic heterocycles. The minimum Gasteiger partial charge on any atom is -0.379 e. The molecule has 0 aliphatic carbocycles. The van der Waals surface area contributed by atoms with E-state index in [4.69, 9.17) is 5.73 Å². The maximum Gasteiger partial charge on any atom is 0.277 e. The number of nitrogens with zero attached hydrogens (tertiary/aromatic N) is 2. The number of carbonyl (C=O) groups excluding carboxylic acids is 1. The summed E-state index contributed by atoms with van der Waals surface area (Å²) in [6.45, 7) is 0. The Morgan fingerprint density at radius 3 is 3.10 bits per heavy atom. The van der Waals surface area contributed by atoms with Gasteiger partial charge in [-0.15, -0.1) is 11.8 Å². The molecule has 0 fully saturated rings. The van der Waals surface area contributed by atoms with E-state index in [1.165, 1.54) is 12.1 Å². The van der Waals surface area contributed by atoms with Crippen molar-refractivity contribution in [2.45, 2.75) is 17.4 Å². The number of anilines is 1. The zero-order chi connectivity index (χ0) is 14.1. The molecule has 0 saturated heterocycles. The minimum absolute atomic E-state index is 0.0545. The van der Waals surface area contributed by atoms with Crippen molar-refractivity contribution in [1.29, 1.82) is 0 Å². The first kappa shape index (κ1) is 12.9. The average Bonchev–Trinajstić information content (AvgIpc) is 2.86. The SMILES string of the molecule is Nc1nonc1C(=O)NC1CCSc2ccc(F)cc21. The number of thioether (sulfide) groups is 1. The summed E-state index contributed by atoms with van der Waals surface area (Å²) in [5.41, 5.74) is 6.19. The number of nitrogens with one attached hydrogen (secondary N) is 1.